The van der Waals surface area contributed by atoms with Crippen molar-refractivity contribution in [3.8, 4) is 5.69 Å². The monoisotopic (exact) mass is 509 g/mol. The number of halogens is 1. The summed E-state index contributed by atoms with van der Waals surface area (Å²) in [6.45, 7) is 12.8. The van der Waals surface area contributed by atoms with Gasteiger partial charge in [0.1, 0.15) is 12.4 Å². The molecule has 192 valence electrons. The first kappa shape index (κ1) is 27.3. The van der Waals surface area contributed by atoms with Gasteiger partial charge in [-0.1, -0.05) is 64.4 Å². The summed E-state index contributed by atoms with van der Waals surface area (Å²) in [4.78, 5) is 27.8. The number of amides is 3. The fourth-order valence-electron chi connectivity index (χ4n) is 3.58. The first-order chi connectivity index (χ1) is 16.9. The van der Waals surface area contributed by atoms with Crippen LogP contribution in [-0.2, 0) is 10.2 Å². The van der Waals surface area contributed by atoms with E-state index in [-0.39, 0.29) is 23.9 Å². The van der Waals surface area contributed by atoms with Crippen molar-refractivity contribution in [1.29, 1.82) is 0 Å². The molecule has 1 aromatic heterocycles. The maximum absolute atomic E-state index is 13.2. The second-order valence-corrected chi connectivity index (χ2v) is 10.9. The summed E-state index contributed by atoms with van der Waals surface area (Å²) < 4.78 is 1.76. The summed E-state index contributed by atoms with van der Waals surface area (Å²) in [6.07, 6.45) is 0.774. The van der Waals surface area contributed by atoms with Gasteiger partial charge in [0.25, 0.3) is 0 Å². The van der Waals surface area contributed by atoms with E-state index in [0.29, 0.717) is 29.0 Å². The molecule has 3 aromatic rings. The molecule has 3 amide bonds. The number of aromatic nitrogens is 2. The van der Waals surface area contributed by atoms with E-state index in [1.54, 1.807) is 28.9 Å². The normalized spacial score (nSPS) is 11.4. The molecule has 0 unspecified atom stereocenters. The molecule has 0 aliphatic carbocycles. The van der Waals surface area contributed by atoms with Gasteiger partial charge in [-0.05, 0) is 55.2 Å². The molecule has 2 aromatic carbocycles. The van der Waals surface area contributed by atoms with E-state index in [2.05, 4.69) is 45.3 Å². The van der Waals surface area contributed by atoms with Gasteiger partial charge in [0, 0.05) is 28.7 Å². The van der Waals surface area contributed by atoms with Crippen LogP contribution in [0.2, 0.25) is 5.02 Å². The van der Waals surface area contributed by atoms with Crippen molar-refractivity contribution in [3.05, 3.63) is 70.9 Å². The first-order valence-corrected chi connectivity index (χ1v) is 12.6. The van der Waals surface area contributed by atoms with Crippen LogP contribution >= 0.6 is 11.6 Å². The lowest BCUT2D eigenvalue weighted by Crippen LogP contribution is -2.41. The van der Waals surface area contributed by atoms with Crippen molar-refractivity contribution in [2.24, 2.45) is 5.92 Å². The maximum Gasteiger partial charge on any atom is 0.322 e. The average molecular weight is 510 g/mol. The lowest BCUT2D eigenvalue weighted by atomic mass is 9.92. The number of hydrogen-bond donors (Lipinski definition) is 2. The van der Waals surface area contributed by atoms with E-state index in [1.165, 1.54) is 4.90 Å². The Balaban J connectivity index is 1.82. The minimum atomic E-state index is -0.337. The Labute approximate surface area is 218 Å². The number of carbonyl (C=O) groups is 2. The molecular formula is C28H36ClN5O2. The smallest absolute Gasteiger partial charge is 0.315 e. The quantitative estimate of drug-likeness (QED) is 0.356. The van der Waals surface area contributed by atoms with Gasteiger partial charge in [-0.2, -0.15) is 5.10 Å². The molecule has 7 nitrogen and oxygen atoms in total. The predicted molar refractivity (Wildman–Crippen MR) is 147 cm³/mol. The van der Waals surface area contributed by atoms with Gasteiger partial charge in [-0.3, -0.25) is 4.79 Å². The van der Waals surface area contributed by atoms with Crippen molar-refractivity contribution < 1.29 is 9.59 Å². The fraction of sp³-hybridized carbons (Fsp3) is 0.393. The summed E-state index contributed by atoms with van der Waals surface area (Å²) in [5.41, 5.74) is 3.21. The Morgan fingerprint density at radius 3 is 2.33 bits per heavy atom. The highest BCUT2D eigenvalue weighted by Gasteiger charge is 2.23. The molecule has 0 atom stereocenters. The van der Waals surface area contributed by atoms with E-state index < -0.39 is 0 Å². The Bertz CT molecular complexity index is 1200. The summed E-state index contributed by atoms with van der Waals surface area (Å²) in [5.74, 6) is 0.664. The third-order valence-electron chi connectivity index (χ3n) is 5.78. The van der Waals surface area contributed by atoms with Gasteiger partial charge < -0.3 is 15.5 Å². The van der Waals surface area contributed by atoms with Crippen molar-refractivity contribution in [2.45, 2.75) is 53.4 Å². The number of carbonyl (C=O) groups excluding carboxylic acids is 2. The number of hydrogen-bond acceptors (Lipinski definition) is 3. The molecule has 0 fully saturated rings. The minimum Gasteiger partial charge on any atom is -0.315 e. The third-order valence-corrected chi connectivity index (χ3v) is 6.03. The van der Waals surface area contributed by atoms with E-state index in [1.807, 2.05) is 37.3 Å². The molecule has 36 heavy (non-hydrogen) atoms. The molecule has 1 heterocycles. The van der Waals surface area contributed by atoms with Crippen LogP contribution in [0.1, 0.15) is 52.3 Å². The van der Waals surface area contributed by atoms with E-state index in [4.69, 9.17) is 16.7 Å². The average Bonchev–Trinajstić information content (AvgIpc) is 3.22. The molecule has 0 aliphatic rings. The second-order valence-electron chi connectivity index (χ2n) is 10.5. The van der Waals surface area contributed by atoms with E-state index >= 15 is 0 Å². The van der Waals surface area contributed by atoms with Gasteiger partial charge in [0.05, 0.1) is 11.4 Å². The van der Waals surface area contributed by atoms with Crippen molar-refractivity contribution in [2.75, 3.05) is 23.7 Å². The Kier molecular flexibility index (Phi) is 8.79. The standard InChI is InChI=1S/C28H36ClN5O2/c1-19(2)15-16-33(27(36)30-22-13-11-21(29)12-14-22)18-26(35)31-25-17-24(28(4,5)6)32-34(25)23-10-8-7-9-20(23)3/h7-14,17,19H,15-16,18H2,1-6H3,(H,30,36)(H,31,35). The Hall–Kier alpha value is -3.32. The minimum absolute atomic E-state index is 0.0874. The molecular weight excluding hydrogens is 474 g/mol. The molecule has 0 radical (unpaired) electrons. The van der Waals surface area contributed by atoms with Gasteiger partial charge >= 0.3 is 6.03 Å². The summed E-state index contributed by atoms with van der Waals surface area (Å²) in [6, 6.07) is 16.3. The number of nitrogens with one attached hydrogen (secondary N) is 2. The number of rotatable bonds is 8. The van der Waals surface area contributed by atoms with Gasteiger partial charge in [-0.15, -0.1) is 0 Å². The molecule has 0 spiro atoms. The van der Waals surface area contributed by atoms with Crippen LogP contribution in [-0.4, -0.2) is 39.7 Å². The molecule has 0 aliphatic heterocycles. The first-order valence-electron chi connectivity index (χ1n) is 12.2. The molecule has 0 saturated heterocycles. The van der Waals surface area contributed by atoms with E-state index in [0.717, 1.165) is 23.4 Å². The third kappa shape index (κ3) is 7.34. The van der Waals surface area contributed by atoms with Crippen LogP contribution in [0.15, 0.2) is 54.6 Å². The lowest BCUT2D eigenvalue weighted by Gasteiger charge is -2.23. The highest BCUT2D eigenvalue weighted by molar-refractivity contribution is 6.30. The highest BCUT2D eigenvalue weighted by atomic mass is 35.5. The zero-order valence-electron chi connectivity index (χ0n) is 21.9. The van der Waals surface area contributed by atoms with Crippen LogP contribution in [0.5, 0.6) is 0 Å². The zero-order chi connectivity index (χ0) is 26.5. The topological polar surface area (TPSA) is 79.3 Å². The van der Waals surface area contributed by atoms with Crippen LogP contribution in [0.4, 0.5) is 16.3 Å². The summed E-state index contributed by atoms with van der Waals surface area (Å²) in [5, 5.41) is 11.2. The zero-order valence-corrected chi connectivity index (χ0v) is 22.7. The van der Waals surface area contributed by atoms with Crippen LogP contribution in [0, 0.1) is 12.8 Å². The largest absolute Gasteiger partial charge is 0.322 e. The van der Waals surface area contributed by atoms with E-state index in [9.17, 15) is 9.59 Å². The number of para-hydroxylation sites is 1. The highest BCUT2D eigenvalue weighted by Crippen LogP contribution is 2.27. The predicted octanol–water partition coefficient (Wildman–Crippen LogP) is 6.65. The number of aryl methyl sites for hydroxylation is 1. The number of nitrogens with zero attached hydrogens (tertiary/aromatic N) is 3. The SMILES string of the molecule is Cc1ccccc1-n1nc(C(C)(C)C)cc1NC(=O)CN(CCC(C)C)C(=O)Nc1ccc(Cl)cc1. The maximum atomic E-state index is 13.2. The summed E-state index contributed by atoms with van der Waals surface area (Å²) >= 11 is 5.95. The van der Waals surface area contributed by atoms with Crippen LogP contribution < -0.4 is 10.6 Å². The molecule has 8 heteroatoms. The fourth-order valence-corrected chi connectivity index (χ4v) is 3.71. The van der Waals surface area contributed by atoms with Crippen molar-refractivity contribution >= 4 is 35.0 Å². The molecule has 0 bridgehead atoms. The number of benzene rings is 2. The summed E-state index contributed by atoms with van der Waals surface area (Å²) in [7, 11) is 0. The van der Waals surface area contributed by atoms with Gasteiger partial charge in [-0.25, -0.2) is 9.48 Å². The molecule has 0 saturated carbocycles. The second kappa shape index (κ2) is 11.6. The van der Waals surface area contributed by atoms with Crippen molar-refractivity contribution in [3.63, 3.8) is 0 Å². The Morgan fingerprint density at radius 2 is 1.72 bits per heavy atom. The van der Waals surface area contributed by atoms with Crippen LogP contribution in [0.3, 0.4) is 0 Å². The number of urea groups is 1. The lowest BCUT2D eigenvalue weighted by molar-refractivity contribution is -0.116. The van der Waals surface area contributed by atoms with Gasteiger partial charge in [0.15, 0.2) is 0 Å². The Morgan fingerprint density at radius 1 is 1.06 bits per heavy atom. The molecule has 2 N–H and O–H groups in total. The number of anilines is 2. The van der Waals surface area contributed by atoms with Crippen molar-refractivity contribution in [1.82, 2.24) is 14.7 Å². The van der Waals surface area contributed by atoms with Gasteiger partial charge in [0.2, 0.25) is 5.91 Å². The molecule has 3 rings (SSSR count). The van der Waals surface area contributed by atoms with Crippen LogP contribution in [0.25, 0.3) is 5.69 Å².